The SMILES string of the molecule is C=CC(=O)OCCCCCCOC1CCC(C(=O)Oc2ccc(OC(=O)c3ccc(OCCCCCCOC)cc3)cc2)CC1.C=CC=O. The third-order valence-electron chi connectivity index (χ3n) is 7.76. The molecule has 0 atom stereocenters. The molecule has 2 aromatic carbocycles. The minimum atomic E-state index is -0.477. The fourth-order valence-electron chi connectivity index (χ4n) is 5.03. The molecule has 1 saturated carbocycles. The van der Waals surface area contributed by atoms with Crippen molar-refractivity contribution in [1.29, 1.82) is 0 Å². The van der Waals surface area contributed by atoms with Crippen molar-refractivity contribution in [3.8, 4) is 17.2 Å². The van der Waals surface area contributed by atoms with Crippen LogP contribution in [0.15, 0.2) is 73.8 Å². The normalized spacial score (nSPS) is 15.1. The predicted octanol–water partition coefficient (Wildman–Crippen LogP) is 7.63. The maximum atomic E-state index is 12.7. The lowest BCUT2D eigenvalue weighted by molar-refractivity contribution is -0.141. The van der Waals surface area contributed by atoms with E-state index in [1.807, 2.05) is 0 Å². The number of allylic oxidation sites excluding steroid dienone is 1. The van der Waals surface area contributed by atoms with Gasteiger partial charge in [0.25, 0.3) is 0 Å². The van der Waals surface area contributed by atoms with Gasteiger partial charge in [0.1, 0.15) is 23.5 Å². The standard InChI is InChI=1S/C36H48O9.C3H4O/c1-3-34(37)43-27-11-7-6-10-26-42-31-18-14-29(15-19-31)36(39)45-33-22-20-32(21-23-33)44-35(38)28-12-16-30(17-13-28)41-25-9-5-4-8-24-40-2;1-2-3-4/h3,12-13,16-17,20-23,29,31H,1,4-11,14-15,18-19,24-27H2,2H3;2-3H,1H2. The Hall–Kier alpha value is -4.28. The molecule has 0 amide bonds. The number of carbonyl (C=O) groups excluding carboxylic acids is 4. The Morgan fingerprint density at radius 1 is 0.694 bits per heavy atom. The number of hydrogen-bond donors (Lipinski definition) is 0. The molecule has 268 valence electrons. The zero-order valence-corrected chi connectivity index (χ0v) is 28.8. The van der Waals surface area contributed by atoms with E-state index in [1.165, 1.54) is 12.2 Å². The molecule has 3 rings (SSSR count). The third-order valence-corrected chi connectivity index (χ3v) is 7.76. The maximum absolute atomic E-state index is 12.7. The summed E-state index contributed by atoms with van der Waals surface area (Å²) in [6.07, 6.45) is 14.3. The molecule has 1 aliphatic rings. The van der Waals surface area contributed by atoms with Crippen LogP contribution in [0.4, 0.5) is 0 Å². The van der Waals surface area contributed by atoms with Crippen molar-refractivity contribution in [3.63, 3.8) is 0 Å². The molecule has 2 aromatic rings. The summed E-state index contributed by atoms with van der Waals surface area (Å²) in [5, 5.41) is 0. The van der Waals surface area contributed by atoms with Gasteiger partial charge in [-0.05, 0) is 119 Å². The second-order valence-corrected chi connectivity index (χ2v) is 11.6. The van der Waals surface area contributed by atoms with Crippen LogP contribution < -0.4 is 14.2 Å². The first kappa shape index (κ1) is 40.9. The fraction of sp³-hybridized carbons (Fsp3) is 0.487. The smallest absolute Gasteiger partial charge is 0.343 e. The van der Waals surface area contributed by atoms with Crippen LogP contribution in [0.2, 0.25) is 0 Å². The summed E-state index contributed by atoms with van der Waals surface area (Å²) >= 11 is 0. The molecule has 49 heavy (non-hydrogen) atoms. The number of carbonyl (C=O) groups is 4. The van der Waals surface area contributed by atoms with E-state index >= 15 is 0 Å². The first-order valence-electron chi connectivity index (χ1n) is 17.1. The first-order chi connectivity index (χ1) is 23.9. The van der Waals surface area contributed by atoms with Crippen LogP contribution in [0.1, 0.15) is 87.4 Å². The molecule has 1 fully saturated rings. The van der Waals surface area contributed by atoms with Crippen LogP contribution in [-0.4, -0.2) is 63.8 Å². The second-order valence-electron chi connectivity index (χ2n) is 11.6. The molecule has 0 aliphatic heterocycles. The number of benzene rings is 2. The van der Waals surface area contributed by atoms with E-state index in [0.717, 1.165) is 83.7 Å². The number of rotatable bonds is 22. The van der Waals surface area contributed by atoms with E-state index in [4.69, 9.17) is 33.2 Å². The molecule has 1 aliphatic carbocycles. The van der Waals surface area contributed by atoms with Gasteiger partial charge in [0.2, 0.25) is 0 Å². The zero-order valence-electron chi connectivity index (χ0n) is 28.8. The summed E-state index contributed by atoms with van der Waals surface area (Å²) in [6.45, 7) is 9.02. The lowest BCUT2D eigenvalue weighted by Crippen LogP contribution is -2.29. The second kappa shape index (κ2) is 25.7. The molecular weight excluding hydrogens is 628 g/mol. The average molecular weight is 681 g/mol. The van der Waals surface area contributed by atoms with E-state index in [2.05, 4.69) is 13.2 Å². The number of methoxy groups -OCH3 is 1. The van der Waals surface area contributed by atoms with E-state index < -0.39 is 5.97 Å². The lowest BCUT2D eigenvalue weighted by atomic mass is 9.87. The Morgan fingerprint density at radius 2 is 1.22 bits per heavy atom. The van der Waals surface area contributed by atoms with Crippen LogP contribution in [0, 0.1) is 5.92 Å². The average Bonchev–Trinajstić information content (AvgIpc) is 3.13. The van der Waals surface area contributed by atoms with Gasteiger partial charge in [0.15, 0.2) is 0 Å². The third kappa shape index (κ3) is 18.2. The van der Waals surface area contributed by atoms with Gasteiger partial charge in [0.05, 0.1) is 30.8 Å². The Balaban J connectivity index is 0.00000197. The Labute approximate surface area is 290 Å². The van der Waals surface area contributed by atoms with Crippen molar-refractivity contribution in [2.45, 2.75) is 83.2 Å². The molecule has 0 heterocycles. The minimum Gasteiger partial charge on any atom is -0.494 e. The summed E-state index contributed by atoms with van der Waals surface area (Å²) in [5.41, 5.74) is 0.417. The highest BCUT2D eigenvalue weighted by molar-refractivity contribution is 5.91. The molecule has 0 radical (unpaired) electrons. The van der Waals surface area contributed by atoms with Gasteiger partial charge < -0.3 is 28.4 Å². The first-order valence-corrected chi connectivity index (χ1v) is 17.1. The van der Waals surface area contributed by atoms with Crippen molar-refractivity contribution < 1.29 is 47.6 Å². The Bertz CT molecular complexity index is 1240. The highest BCUT2D eigenvalue weighted by atomic mass is 16.5. The van der Waals surface area contributed by atoms with Crippen molar-refractivity contribution >= 4 is 24.2 Å². The largest absolute Gasteiger partial charge is 0.494 e. The molecular formula is C39H52O10. The number of ether oxygens (including phenoxy) is 6. The summed E-state index contributed by atoms with van der Waals surface area (Å²) in [6, 6.07) is 13.4. The van der Waals surface area contributed by atoms with Crippen LogP contribution in [-0.2, 0) is 28.6 Å². The summed E-state index contributed by atoms with van der Waals surface area (Å²) < 4.78 is 32.9. The van der Waals surface area contributed by atoms with Crippen molar-refractivity contribution in [3.05, 3.63) is 79.4 Å². The fourth-order valence-corrected chi connectivity index (χ4v) is 5.03. The zero-order chi connectivity index (χ0) is 35.5. The van der Waals surface area contributed by atoms with Gasteiger partial charge in [-0.3, -0.25) is 9.59 Å². The molecule has 0 unspecified atom stereocenters. The quantitative estimate of drug-likeness (QED) is 0.0403. The molecule has 0 aromatic heterocycles. The van der Waals surface area contributed by atoms with Gasteiger partial charge in [-0.2, -0.15) is 0 Å². The van der Waals surface area contributed by atoms with Crippen LogP contribution >= 0.6 is 0 Å². The highest BCUT2D eigenvalue weighted by Gasteiger charge is 2.28. The molecule has 0 spiro atoms. The van der Waals surface area contributed by atoms with Crippen molar-refractivity contribution in [2.75, 3.05) is 33.5 Å². The van der Waals surface area contributed by atoms with Gasteiger partial charge in [-0.15, -0.1) is 0 Å². The Kier molecular flexibility index (Phi) is 21.4. The van der Waals surface area contributed by atoms with Crippen molar-refractivity contribution in [2.24, 2.45) is 5.92 Å². The topological polar surface area (TPSA) is 124 Å². The Morgan fingerprint density at radius 3 is 1.80 bits per heavy atom. The van der Waals surface area contributed by atoms with Crippen LogP contribution in [0.25, 0.3) is 0 Å². The molecule has 0 saturated heterocycles. The van der Waals surface area contributed by atoms with Gasteiger partial charge in [-0.1, -0.05) is 26.0 Å². The monoisotopic (exact) mass is 680 g/mol. The van der Waals surface area contributed by atoms with E-state index in [9.17, 15) is 14.4 Å². The molecule has 10 heteroatoms. The van der Waals surface area contributed by atoms with Crippen LogP contribution in [0.3, 0.4) is 0 Å². The number of esters is 3. The van der Waals surface area contributed by atoms with E-state index in [-0.39, 0.29) is 24.0 Å². The molecule has 10 nitrogen and oxygen atoms in total. The number of hydrogen-bond acceptors (Lipinski definition) is 10. The molecule has 0 bridgehead atoms. The summed E-state index contributed by atoms with van der Waals surface area (Å²) in [7, 11) is 1.71. The summed E-state index contributed by atoms with van der Waals surface area (Å²) in [4.78, 5) is 45.4. The van der Waals surface area contributed by atoms with Crippen LogP contribution in [0.5, 0.6) is 17.2 Å². The lowest BCUT2D eigenvalue weighted by Gasteiger charge is -2.27. The van der Waals surface area contributed by atoms with E-state index in [1.54, 1.807) is 55.6 Å². The van der Waals surface area contributed by atoms with Crippen molar-refractivity contribution in [1.82, 2.24) is 0 Å². The summed E-state index contributed by atoms with van der Waals surface area (Å²) in [5.74, 6) is 0.228. The van der Waals surface area contributed by atoms with Gasteiger partial charge in [0, 0.05) is 26.4 Å². The number of aldehydes is 1. The highest BCUT2D eigenvalue weighted by Crippen LogP contribution is 2.29. The molecule has 0 N–H and O–H groups in total. The van der Waals surface area contributed by atoms with Gasteiger partial charge >= 0.3 is 17.9 Å². The minimum absolute atomic E-state index is 0.159. The predicted molar refractivity (Wildman–Crippen MR) is 187 cm³/mol. The van der Waals surface area contributed by atoms with Gasteiger partial charge in [-0.25, -0.2) is 9.59 Å². The number of unbranched alkanes of at least 4 members (excludes halogenated alkanes) is 6. The maximum Gasteiger partial charge on any atom is 0.343 e. The van der Waals surface area contributed by atoms with E-state index in [0.29, 0.717) is 48.9 Å².